The number of rotatable bonds is 3. The standard InChI is InChI=1S/3C3H7NO2.Sc/c3*1-2(4)3(5)6;/h3*2H,4H2,1H3,(H,5,6);/t3*2-;/m000./s1. The molecule has 0 heterocycles. The molecule has 0 rings (SSSR count). The van der Waals surface area contributed by atoms with Gasteiger partial charge in [-0.25, -0.2) is 0 Å². The van der Waals surface area contributed by atoms with Crippen molar-refractivity contribution in [2.24, 2.45) is 17.2 Å². The first kappa shape index (κ1) is 26.7. The van der Waals surface area contributed by atoms with Gasteiger partial charge in [0.1, 0.15) is 18.1 Å². The van der Waals surface area contributed by atoms with E-state index in [1.54, 1.807) is 0 Å². The van der Waals surface area contributed by atoms with Crippen molar-refractivity contribution in [1.82, 2.24) is 0 Å². The molecule has 0 aromatic carbocycles. The molecule has 0 saturated carbocycles. The van der Waals surface area contributed by atoms with Crippen LogP contribution in [0.5, 0.6) is 0 Å². The average molecular weight is 312 g/mol. The molecule has 1 radical (unpaired) electrons. The molecule has 10 heteroatoms. The first-order chi connectivity index (χ1) is 7.93. The molecule has 3 atom stereocenters. The van der Waals surface area contributed by atoms with E-state index in [0.29, 0.717) is 0 Å². The molecule has 0 aliphatic heterocycles. The zero-order valence-corrected chi connectivity index (χ0v) is 12.9. The van der Waals surface area contributed by atoms with Crippen molar-refractivity contribution in [2.45, 2.75) is 38.9 Å². The van der Waals surface area contributed by atoms with E-state index in [0.717, 1.165) is 0 Å². The summed E-state index contributed by atoms with van der Waals surface area (Å²) in [6.45, 7) is 4.26. The topological polar surface area (TPSA) is 190 Å². The van der Waals surface area contributed by atoms with E-state index >= 15 is 0 Å². The Hall–Kier alpha value is -0.840. The summed E-state index contributed by atoms with van der Waals surface area (Å²) in [4.78, 5) is 28.7. The number of nitrogens with two attached hydrogens (primary N) is 3. The number of carboxylic acids is 3. The van der Waals surface area contributed by atoms with Crippen LogP contribution in [0.25, 0.3) is 0 Å². The van der Waals surface area contributed by atoms with Crippen molar-refractivity contribution in [3.8, 4) is 0 Å². The number of aliphatic carboxylic acids is 3. The second-order valence-electron chi connectivity index (χ2n) is 3.38. The van der Waals surface area contributed by atoms with Gasteiger partial charge in [-0.05, 0) is 20.8 Å². The Balaban J connectivity index is -0.0000000865. The molecule has 0 saturated heterocycles. The molecule has 0 unspecified atom stereocenters. The van der Waals surface area contributed by atoms with Crippen molar-refractivity contribution in [2.75, 3.05) is 0 Å². The molecular formula is C9H21N3O6Sc. The van der Waals surface area contributed by atoms with Crippen LogP contribution < -0.4 is 17.2 Å². The maximum absolute atomic E-state index is 9.57. The molecule has 19 heavy (non-hydrogen) atoms. The third-order valence-corrected chi connectivity index (χ3v) is 1.17. The van der Waals surface area contributed by atoms with Gasteiger partial charge in [-0.3, -0.25) is 14.4 Å². The number of hydrogen-bond donors (Lipinski definition) is 6. The fourth-order valence-electron chi connectivity index (χ4n) is 0. The average Bonchev–Trinajstić information content (AvgIpc) is 2.18. The number of hydrogen-bond acceptors (Lipinski definition) is 6. The van der Waals surface area contributed by atoms with Gasteiger partial charge in [-0.2, -0.15) is 0 Å². The van der Waals surface area contributed by atoms with Crippen LogP contribution in [0, 0.1) is 0 Å². The predicted molar refractivity (Wildman–Crippen MR) is 63.9 cm³/mol. The summed E-state index contributed by atoms with van der Waals surface area (Å²) >= 11 is 0. The third-order valence-electron chi connectivity index (χ3n) is 1.17. The molecule has 111 valence electrons. The van der Waals surface area contributed by atoms with E-state index in [1.807, 2.05) is 0 Å². The summed E-state index contributed by atoms with van der Waals surface area (Å²) in [5.41, 5.74) is 14.5. The SMILES string of the molecule is C[C@H](N)C(=O)O.C[C@H](N)C(=O)O.C[C@H](N)C(=O)O.[Sc]. The van der Waals surface area contributed by atoms with Gasteiger partial charge < -0.3 is 32.5 Å². The quantitative estimate of drug-likeness (QED) is 0.351. The molecule has 0 bridgehead atoms. The van der Waals surface area contributed by atoms with Gasteiger partial charge in [-0.15, -0.1) is 0 Å². The van der Waals surface area contributed by atoms with Crippen LogP contribution in [0.4, 0.5) is 0 Å². The van der Waals surface area contributed by atoms with E-state index in [9.17, 15) is 14.4 Å². The zero-order valence-electron chi connectivity index (χ0n) is 11.1. The summed E-state index contributed by atoms with van der Waals surface area (Å²) in [5, 5.41) is 23.6. The molecule has 9 nitrogen and oxygen atoms in total. The van der Waals surface area contributed by atoms with Gasteiger partial charge in [0.25, 0.3) is 0 Å². The second-order valence-corrected chi connectivity index (χ2v) is 3.38. The molecular weight excluding hydrogens is 291 g/mol. The molecule has 0 spiro atoms. The minimum atomic E-state index is -0.963. The Labute approximate surface area is 129 Å². The molecule has 0 amide bonds. The summed E-state index contributed by atoms with van der Waals surface area (Å²) < 4.78 is 0. The predicted octanol–water partition coefficient (Wildman–Crippen LogP) is -1.75. The maximum Gasteiger partial charge on any atom is 0.320 e. The summed E-state index contributed by atoms with van der Waals surface area (Å²) in [5.74, 6) is -2.89. The van der Waals surface area contributed by atoms with Gasteiger partial charge in [0, 0.05) is 25.8 Å². The van der Waals surface area contributed by atoms with E-state index in [2.05, 4.69) is 0 Å². The summed E-state index contributed by atoms with van der Waals surface area (Å²) in [6, 6.07) is -2.19. The second kappa shape index (κ2) is 15.2. The first-order valence-electron chi connectivity index (χ1n) is 4.88. The molecule has 0 fully saturated rings. The third kappa shape index (κ3) is 31.7. The van der Waals surface area contributed by atoms with Crippen LogP contribution >= 0.6 is 0 Å². The summed E-state index contributed by atoms with van der Waals surface area (Å²) in [7, 11) is 0. The van der Waals surface area contributed by atoms with Crippen molar-refractivity contribution < 1.29 is 55.5 Å². The van der Waals surface area contributed by atoms with Gasteiger partial charge in [0.15, 0.2) is 0 Å². The van der Waals surface area contributed by atoms with Crippen LogP contribution in [0.1, 0.15) is 20.8 Å². The molecule has 0 aliphatic carbocycles. The van der Waals surface area contributed by atoms with Crippen molar-refractivity contribution >= 4 is 17.9 Å². The Kier molecular flexibility index (Phi) is 21.4. The molecule has 0 aromatic rings. The van der Waals surface area contributed by atoms with Gasteiger partial charge in [0.05, 0.1) is 0 Å². The Morgan fingerprint density at radius 1 is 0.684 bits per heavy atom. The van der Waals surface area contributed by atoms with Gasteiger partial charge in [-0.1, -0.05) is 0 Å². The smallest absolute Gasteiger partial charge is 0.320 e. The van der Waals surface area contributed by atoms with E-state index in [1.165, 1.54) is 20.8 Å². The van der Waals surface area contributed by atoms with Crippen LogP contribution in [0.3, 0.4) is 0 Å². The summed E-state index contributed by atoms with van der Waals surface area (Å²) in [6.07, 6.45) is 0. The monoisotopic (exact) mass is 312 g/mol. The Bertz CT molecular complexity index is 228. The van der Waals surface area contributed by atoms with E-state index < -0.39 is 36.0 Å². The molecule has 9 N–H and O–H groups in total. The van der Waals surface area contributed by atoms with Crippen LogP contribution in [-0.4, -0.2) is 51.4 Å². The number of carbonyl (C=O) groups is 3. The number of carboxylic acid groups (broad SMARTS) is 3. The van der Waals surface area contributed by atoms with Crippen LogP contribution in [0.15, 0.2) is 0 Å². The van der Waals surface area contributed by atoms with Crippen molar-refractivity contribution in [3.63, 3.8) is 0 Å². The van der Waals surface area contributed by atoms with Gasteiger partial charge in [0.2, 0.25) is 0 Å². The fourth-order valence-corrected chi connectivity index (χ4v) is 0. The van der Waals surface area contributed by atoms with Crippen molar-refractivity contribution in [3.05, 3.63) is 0 Å². The normalized spacial score (nSPS) is 12.9. The maximum atomic E-state index is 9.57. The van der Waals surface area contributed by atoms with Crippen LogP contribution in [-0.2, 0) is 40.2 Å². The van der Waals surface area contributed by atoms with E-state index in [4.69, 9.17) is 32.5 Å². The molecule has 0 aromatic heterocycles. The largest absolute Gasteiger partial charge is 0.480 e. The van der Waals surface area contributed by atoms with Crippen LogP contribution in [0.2, 0.25) is 0 Å². The van der Waals surface area contributed by atoms with Gasteiger partial charge >= 0.3 is 17.9 Å². The Morgan fingerprint density at radius 3 is 0.737 bits per heavy atom. The fraction of sp³-hybridized carbons (Fsp3) is 0.667. The zero-order chi connectivity index (χ0) is 15.5. The Morgan fingerprint density at radius 2 is 0.737 bits per heavy atom. The first-order valence-corrected chi connectivity index (χ1v) is 4.88. The molecule has 0 aliphatic rings. The van der Waals surface area contributed by atoms with Crippen molar-refractivity contribution in [1.29, 1.82) is 0 Å². The minimum Gasteiger partial charge on any atom is -0.480 e. The minimum absolute atomic E-state index is 0. The van der Waals surface area contributed by atoms with E-state index in [-0.39, 0.29) is 25.8 Å².